The maximum absolute atomic E-state index is 11.9. The Bertz CT molecular complexity index is 732. The third kappa shape index (κ3) is 2.01. The largest absolute Gasteiger partial charge is 0.288 e. The molecule has 2 amide bonds. The van der Waals surface area contributed by atoms with Crippen LogP contribution in [0.15, 0.2) is 36.4 Å². The lowest BCUT2D eigenvalue weighted by Gasteiger charge is -2.09. The normalized spacial score (nSPS) is 13.3. The number of benzene rings is 2. The first-order valence-electron chi connectivity index (χ1n) is 6.60. The van der Waals surface area contributed by atoms with Crippen molar-refractivity contribution in [1.82, 2.24) is 5.32 Å². The van der Waals surface area contributed by atoms with Gasteiger partial charge in [0.05, 0.1) is 11.1 Å². The highest BCUT2D eigenvalue weighted by Gasteiger charge is 2.28. The van der Waals surface area contributed by atoms with Crippen molar-refractivity contribution in [3.8, 4) is 0 Å². The average molecular weight is 265 g/mol. The van der Waals surface area contributed by atoms with Crippen molar-refractivity contribution in [1.29, 1.82) is 0 Å². The van der Waals surface area contributed by atoms with E-state index in [-0.39, 0.29) is 11.8 Å². The van der Waals surface area contributed by atoms with E-state index in [0.717, 1.165) is 5.56 Å². The summed E-state index contributed by atoms with van der Waals surface area (Å²) in [5.41, 5.74) is 5.51. The summed E-state index contributed by atoms with van der Waals surface area (Å²) >= 11 is 0. The summed E-state index contributed by atoms with van der Waals surface area (Å²) < 4.78 is 0. The van der Waals surface area contributed by atoms with E-state index in [2.05, 4.69) is 37.4 Å². The van der Waals surface area contributed by atoms with E-state index in [4.69, 9.17) is 0 Å². The fourth-order valence-corrected chi connectivity index (χ4v) is 2.69. The van der Waals surface area contributed by atoms with Crippen molar-refractivity contribution >= 4 is 11.8 Å². The second kappa shape index (κ2) is 4.60. The number of amides is 2. The lowest BCUT2D eigenvalue weighted by Crippen LogP contribution is -2.20. The quantitative estimate of drug-likeness (QED) is 0.849. The van der Waals surface area contributed by atoms with Gasteiger partial charge >= 0.3 is 0 Å². The third-order valence-electron chi connectivity index (χ3n) is 3.73. The lowest BCUT2D eigenvalue weighted by molar-refractivity contribution is 0.0879. The van der Waals surface area contributed by atoms with Crippen LogP contribution in [0.25, 0.3) is 0 Å². The number of rotatable bonds is 2. The Morgan fingerprint density at radius 1 is 0.950 bits per heavy atom. The summed E-state index contributed by atoms with van der Waals surface area (Å²) in [5.74, 6) is -0.585. The van der Waals surface area contributed by atoms with Gasteiger partial charge in [-0.3, -0.25) is 14.9 Å². The molecule has 20 heavy (non-hydrogen) atoms. The molecule has 0 bridgehead atoms. The summed E-state index contributed by atoms with van der Waals surface area (Å²) in [6.45, 7) is 4.12. The van der Waals surface area contributed by atoms with Gasteiger partial charge in [-0.1, -0.05) is 35.9 Å². The van der Waals surface area contributed by atoms with Gasteiger partial charge in [-0.2, -0.15) is 0 Å². The molecule has 3 rings (SSSR count). The SMILES string of the molecule is Cc1ccc(Cc2cccc3c2C(=O)NC3=O)c(C)c1. The van der Waals surface area contributed by atoms with Gasteiger partial charge in [0.25, 0.3) is 11.8 Å². The summed E-state index contributed by atoms with van der Waals surface area (Å²) in [6.07, 6.45) is 0.663. The molecule has 0 atom stereocenters. The molecular weight excluding hydrogens is 250 g/mol. The van der Waals surface area contributed by atoms with E-state index in [0.29, 0.717) is 17.5 Å². The molecule has 0 unspecified atom stereocenters. The predicted molar refractivity (Wildman–Crippen MR) is 77.0 cm³/mol. The molecule has 3 nitrogen and oxygen atoms in total. The van der Waals surface area contributed by atoms with E-state index in [1.54, 1.807) is 6.07 Å². The molecular formula is C17H15NO2. The minimum atomic E-state index is -0.299. The van der Waals surface area contributed by atoms with Crippen LogP contribution < -0.4 is 5.32 Å². The van der Waals surface area contributed by atoms with E-state index >= 15 is 0 Å². The van der Waals surface area contributed by atoms with Crippen LogP contribution in [0, 0.1) is 13.8 Å². The average Bonchev–Trinajstić information content (AvgIpc) is 2.69. The van der Waals surface area contributed by atoms with Crippen molar-refractivity contribution in [3.63, 3.8) is 0 Å². The van der Waals surface area contributed by atoms with E-state index < -0.39 is 0 Å². The van der Waals surface area contributed by atoms with Crippen molar-refractivity contribution < 1.29 is 9.59 Å². The molecule has 0 fully saturated rings. The summed E-state index contributed by atoms with van der Waals surface area (Å²) in [5, 5.41) is 2.35. The highest BCUT2D eigenvalue weighted by molar-refractivity contribution is 6.22. The molecule has 0 spiro atoms. The predicted octanol–water partition coefficient (Wildman–Crippen LogP) is 2.78. The number of hydrogen-bond acceptors (Lipinski definition) is 2. The van der Waals surface area contributed by atoms with Gasteiger partial charge in [-0.05, 0) is 43.0 Å². The van der Waals surface area contributed by atoms with E-state index in [1.807, 2.05) is 12.1 Å². The molecule has 100 valence electrons. The first-order valence-corrected chi connectivity index (χ1v) is 6.60. The van der Waals surface area contributed by atoms with Gasteiger partial charge in [-0.15, -0.1) is 0 Å². The molecule has 1 aliphatic rings. The molecule has 0 radical (unpaired) electrons. The van der Waals surface area contributed by atoms with Crippen molar-refractivity contribution in [2.24, 2.45) is 0 Å². The van der Waals surface area contributed by atoms with Crippen LogP contribution in [0.3, 0.4) is 0 Å². The number of imide groups is 1. The Kier molecular flexibility index (Phi) is 2.90. The topological polar surface area (TPSA) is 46.2 Å². The highest BCUT2D eigenvalue weighted by Crippen LogP contribution is 2.24. The zero-order chi connectivity index (χ0) is 14.3. The Morgan fingerprint density at radius 3 is 2.50 bits per heavy atom. The summed E-state index contributed by atoms with van der Waals surface area (Å²) in [4.78, 5) is 23.6. The third-order valence-corrected chi connectivity index (χ3v) is 3.73. The van der Waals surface area contributed by atoms with Gasteiger partial charge in [-0.25, -0.2) is 0 Å². The smallest absolute Gasteiger partial charge is 0.259 e. The van der Waals surface area contributed by atoms with Crippen LogP contribution in [0.5, 0.6) is 0 Å². The number of fused-ring (bicyclic) bond motifs is 1. The van der Waals surface area contributed by atoms with Gasteiger partial charge < -0.3 is 0 Å². The van der Waals surface area contributed by atoms with Gasteiger partial charge in [0.2, 0.25) is 0 Å². The first kappa shape index (κ1) is 12.6. The Balaban J connectivity index is 2.04. The number of nitrogens with one attached hydrogen (secondary N) is 1. The monoisotopic (exact) mass is 265 g/mol. The number of carbonyl (C=O) groups excluding carboxylic acids is 2. The summed E-state index contributed by atoms with van der Waals surface area (Å²) in [6, 6.07) is 11.7. The van der Waals surface area contributed by atoms with Gasteiger partial charge in [0.1, 0.15) is 0 Å². The molecule has 0 aliphatic carbocycles. The molecule has 2 aromatic carbocycles. The fraction of sp³-hybridized carbons (Fsp3) is 0.176. The minimum Gasteiger partial charge on any atom is -0.288 e. The Morgan fingerprint density at radius 2 is 1.75 bits per heavy atom. The molecule has 0 saturated heterocycles. The Labute approximate surface area is 117 Å². The Hall–Kier alpha value is -2.42. The first-order chi connectivity index (χ1) is 9.56. The fourth-order valence-electron chi connectivity index (χ4n) is 2.69. The molecule has 1 N–H and O–H groups in total. The van der Waals surface area contributed by atoms with Gasteiger partial charge in [0, 0.05) is 0 Å². The minimum absolute atomic E-state index is 0.287. The molecule has 0 aromatic heterocycles. The van der Waals surface area contributed by atoms with Crippen molar-refractivity contribution in [2.45, 2.75) is 20.3 Å². The zero-order valence-electron chi connectivity index (χ0n) is 11.5. The maximum atomic E-state index is 11.9. The van der Waals surface area contributed by atoms with Crippen molar-refractivity contribution in [3.05, 3.63) is 69.8 Å². The lowest BCUT2D eigenvalue weighted by atomic mass is 9.94. The van der Waals surface area contributed by atoms with Crippen LogP contribution >= 0.6 is 0 Å². The molecule has 1 heterocycles. The van der Waals surface area contributed by atoms with Crippen molar-refractivity contribution in [2.75, 3.05) is 0 Å². The summed E-state index contributed by atoms with van der Waals surface area (Å²) in [7, 11) is 0. The number of hydrogen-bond donors (Lipinski definition) is 1. The van der Waals surface area contributed by atoms with Crippen LogP contribution in [0.2, 0.25) is 0 Å². The molecule has 2 aromatic rings. The number of carbonyl (C=O) groups is 2. The maximum Gasteiger partial charge on any atom is 0.259 e. The second-order valence-electron chi connectivity index (χ2n) is 5.23. The van der Waals surface area contributed by atoms with E-state index in [9.17, 15) is 9.59 Å². The van der Waals surface area contributed by atoms with Crippen LogP contribution in [0.4, 0.5) is 0 Å². The highest BCUT2D eigenvalue weighted by atomic mass is 16.2. The van der Waals surface area contributed by atoms with Crippen LogP contribution in [-0.2, 0) is 6.42 Å². The van der Waals surface area contributed by atoms with Gasteiger partial charge in [0.15, 0.2) is 0 Å². The molecule has 3 heteroatoms. The second-order valence-corrected chi connectivity index (χ2v) is 5.23. The van der Waals surface area contributed by atoms with Crippen LogP contribution in [0.1, 0.15) is 43.0 Å². The number of aryl methyl sites for hydroxylation is 2. The standard InChI is InChI=1S/C17H15NO2/c1-10-6-7-12(11(2)8-10)9-13-4-3-5-14-15(13)17(20)18-16(14)19/h3-8H,9H2,1-2H3,(H,18,19,20). The molecule has 0 saturated carbocycles. The zero-order valence-corrected chi connectivity index (χ0v) is 11.5. The van der Waals surface area contributed by atoms with E-state index in [1.165, 1.54) is 16.7 Å². The molecule has 1 aliphatic heterocycles. The van der Waals surface area contributed by atoms with Crippen LogP contribution in [-0.4, -0.2) is 11.8 Å².